The molecule has 9 heteroatoms. The summed E-state index contributed by atoms with van der Waals surface area (Å²) in [6.07, 6.45) is -2.64. The molecule has 0 heterocycles. The molecule has 1 aliphatic carbocycles. The van der Waals surface area contributed by atoms with E-state index in [1.807, 2.05) is 0 Å². The van der Waals surface area contributed by atoms with Gasteiger partial charge in [-0.05, 0) is 11.6 Å². The summed E-state index contributed by atoms with van der Waals surface area (Å²) in [6.45, 7) is 0. The number of hydrogen-bond donors (Lipinski definition) is 3. The van der Waals surface area contributed by atoms with Gasteiger partial charge in [-0.2, -0.15) is 0 Å². The van der Waals surface area contributed by atoms with Crippen molar-refractivity contribution in [2.45, 2.75) is 18.6 Å². The van der Waals surface area contributed by atoms with E-state index in [0.717, 1.165) is 6.08 Å². The van der Waals surface area contributed by atoms with Gasteiger partial charge < -0.3 is 20.1 Å². The lowest BCUT2D eigenvalue weighted by molar-refractivity contribution is -0.176. The summed E-state index contributed by atoms with van der Waals surface area (Å²) in [7, 11) is 0. The number of carboxylic acid groups (broad SMARTS) is 2. The third kappa shape index (κ3) is 3.83. The van der Waals surface area contributed by atoms with Crippen molar-refractivity contribution in [2.24, 2.45) is 0 Å². The van der Waals surface area contributed by atoms with E-state index in [-0.39, 0.29) is 12.0 Å². The third-order valence-electron chi connectivity index (χ3n) is 2.52. The predicted octanol–water partition coefficient (Wildman–Crippen LogP) is -1.55. The number of hydrogen-bond acceptors (Lipinski definition) is 7. The predicted molar refractivity (Wildman–Crippen MR) is 63.0 cm³/mol. The molecular formula is C12H10O9. The Hall–Kier alpha value is -2.81. The summed E-state index contributed by atoms with van der Waals surface area (Å²) in [5.74, 6) is -5.96. The molecule has 0 radical (unpaired) electrons. The molecule has 0 aromatic carbocycles. The quantitative estimate of drug-likeness (QED) is 0.300. The zero-order chi connectivity index (χ0) is 16.2. The van der Waals surface area contributed by atoms with Crippen molar-refractivity contribution in [3.05, 3.63) is 23.3 Å². The van der Waals surface area contributed by atoms with Crippen LogP contribution < -0.4 is 0 Å². The van der Waals surface area contributed by atoms with Crippen LogP contribution >= 0.6 is 0 Å². The van der Waals surface area contributed by atoms with Crippen molar-refractivity contribution in [3.63, 3.8) is 0 Å². The average molecular weight is 298 g/mol. The summed E-state index contributed by atoms with van der Waals surface area (Å²) in [6, 6.07) is 0. The Labute approximate surface area is 117 Å². The molecule has 0 amide bonds. The Kier molecular flexibility index (Phi) is 5.08. The van der Waals surface area contributed by atoms with Crippen LogP contribution in [-0.2, 0) is 28.7 Å². The van der Waals surface area contributed by atoms with E-state index in [0.29, 0.717) is 6.29 Å². The number of carboxylic acids is 2. The second kappa shape index (κ2) is 6.57. The summed E-state index contributed by atoms with van der Waals surface area (Å²) >= 11 is 0. The van der Waals surface area contributed by atoms with Gasteiger partial charge in [0.1, 0.15) is 11.9 Å². The van der Waals surface area contributed by atoms with E-state index < -0.39 is 41.5 Å². The minimum absolute atomic E-state index is 0.122. The second-order valence-corrected chi connectivity index (χ2v) is 3.99. The van der Waals surface area contributed by atoms with Gasteiger partial charge in [0.2, 0.25) is 6.10 Å². The summed E-state index contributed by atoms with van der Waals surface area (Å²) in [5, 5.41) is 26.4. The number of aliphatic carboxylic acids is 2. The topological polar surface area (TPSA) is 155 Å². The van der Waals surface area contributed by atoms with Crippen molar-refractivity contribution in [1.29, 1.82) is 0 Å². The van der Waals surface area contributed by atoms with Crippen LogP contribution in [0.3, 0.4) is 0 Å². The van der Waals surface area contributed by atoms with Gasteiger partial charge in [-0.1, -0.05) is 6.08 Å². The van der Waals surface area contributed by atoms with Crippen LogP contribution in [0.1, 0.15) is 6.42 Å². The van der Waals surface area contributed by atoms with Crippen molar-refractivity contribution in [2.75, 3.05) is 0 Å². The molecule has 1 aliphatic rings. The second-order valence-electron chi connectivity index (χ2n) is 3.99. The SMILES string of the molecule is O=CC1=CC=C(C(=O)OC(C(=O)O)C(O)C(=O)O)C(=O)C1. The van der Waals surface area contributed by atoms with Crippen LogP contribution in [0.15, 0.2) is 23.3 Å². The van der Waals surface area contributed by atoms with Crippen LogP contribution in [0.25, 0.3) is 0 Å². The molecule has 0 aromatic heterocycles. The molecule has 0 spiro atoms. The highest BCUT2D eigenvalue weighted by atomic mass is 16.6. The normalized spacial score (nSPS) is 17.1. The van der Waals surface area contributed by atoms with Gasteiger partial charge in [0, 0.05) is 6.42 Å². The molecule has 0 saturated heterocycles. The first-order chi connectivity index (χ1) is 9.77. The fourth-order valence-corrected chi connectivity index (χ4v) is 1.44. The number of aliphatic hydroxyl groups excluding tert-OH is 1. The number of carbonyl (C=O) groups excluding carboxylic acids is 3. The molecule has 3 N–H and O–H groups in total. The zero-order valence-corrected chi connectivity index (χ0v) is 10.4. The Morgan fingerprint density at radius 1 is 1.19 bits per heavy atom. The molecular weight excluding hydrogens is 288 g/mol. The smallest absolute Gasteiger partial charge is 0.348 e. The number of carbonyl (C=O) groups is 5. The van der Waals surface area contributed by atoms with Crippen LogP contribution in [0.4, 0.5) is 0 Å². The Balaban J connectivity index is 2.93. The van der Waals surface area contributed by atoms with E-state index in [2.05, 4.69) is 4.74 Å². The van der Waals surface area contributed by atoms with Gasteiger partial charge in [-0.15, -0.1) is 0 Å². The number of allylic oxidation sites excluding steroid dienone is 3. The fourth-order valence-electron chi connectivity index (χ4n) is 1.44. The molecule has 2 atom stereocenters. The number of esters is 1. The first-order valence-corrected chi connectivity index (χ1v) is 5.51. The molecule has 9 nitrogen and oxygen atoms in total. The molecule has 0 fully saturated rings. The van der Waals surface area contributed by atoms with Gasteiger partial charge in [-0.3, -0.25) is 9.59 Å². The zero-order valence-electron chi connectivity index (χ0n) is 10.4. The summed E-state index contributed by atoms with van der Waals surface area (Å²) in [4.78, 5) is 55.0. The van der Waals surface area contributed by atoms with Crippen molar-refractivity contribution < 1.29 is 44.0 Å². The van der Waals surface area contributed by atoms with Gasteiger partial charge in [0.05, 0.1) is 0 Å². The van der Waals surface area contributed by atoms with Crippen LogP contribution in [0.2, 0.25) is 0 Å². The van der Waals surface area contributed by atoms with Crippen LogP contribution in [-0.4, -0.2) is 57.5 Å². The number of Topliss-reactive ketones (excluding diaryl/α,β-unsaturated/α-hetero) is 1. The molecule has 2 unspecified atom stereocenters. The van der Waals surface area contributed by atoms with Crippen molar-refractivity contribution in [3.8, 4) is 0 Å². The number of aliphatic hydroxyl groups is 1. The van der Waals surface area contributed by atoms with Gasteiger partial charge in [0.15, 0.2) is 11.9 Å². The molecule has 0 aliphatic heterocycles. The Bertz CT molecular complexity index is 569. The third-order valence-corrected chi connectivity index (χ3v) is 2.52. The van der Waals surface area contributed by atoms with E-state index in [1.54, 1.807) is 0 Å². The summed E-state index contributed by atoms with van der Waals surface area (Å²) in [5.41, 5.74) is -0.415. The molecule has 1 rings (SSSR count). The minimum atomic E-state index is -2.48. The highest BCUT2D eigenvalue weighted by molar-refractivity contribution is 6.20. The summed E-state index contributed by atoms with van der Waals surface area (Å²) < 4.78 is 4.34. The lowest BCUT2D eigenvalue weighted by atomic mass is 9.98. The van der Waals surface area contributed by atoms with E-state index in [4.69, 9.17) is 15.3 Å². The monoisotopic (exact) mass is 298 g/mol. The van der Waals surface area contributed by atoms with Gasteiger partial charge in [-0.25, -0.2) is 14.4 Å². The molecule has 0 aromatic rings. The molecule has 112 valence electrons. The van der Waals surface area contributed by atoms with Crippen molar-refractivity contribution >= 4 is 30.0 Å². The number of ether oxygens (including phenoxy) is 1. The maximum atomic E-state index is 11.6. The van der Waals surface area contributed by atoms with Gasteiger partial charge in [0.25, 0.3) is 0 Å². The minimum Gasteiger partial charge on any atom is -0.479 e. The van der Waals surface area contributed by atoms with Crippen LogP contribution in [0, 0.1) is 0 Å². The molecule has 0 saturated carbocycles. The van der Waals surface area contributed by atoms with E-state index in [1.165, 1.54) is 6.08 Å². The number of ketones is 1. The van der Waals surface area contributed by atoms with E-state index >= 15 is 0 Å². The number of rotatable bonds is 6. The van der Waals surface area contributed by atoms with Crippen LogP contribution in [0.5, 0.6) is 0 Å². The fraction of sp³-hybridized carbons (Fsp3) is 0.250. The number of aldehydes is 1. The first kappa shape index (κ1) is 16.2. The maximum Gasteiger partial charge on any atom is 0.348 e. The average Bonchev–Trinajstić information content (AvgIpc) is 2.42. The lowest BCUT2D eigenvalue weighted by Gasteiger charge is -2.17. The standard InChI is InChI=1S/C12H10O9/c13-4-5-1-2-6(7(14)3-5)12(20)21-9(11(18)19)8(15)10(16)17/h1-2,4,8-9,15H,3H2,(H,16,17)(H,18,19). The Morgan fingerprint density at radius 2 is 1.81 bits per heavy atom. The van der Waals surface area contributed by atoms with E-state index in [9.17, 15) is 24.0 Å². The maximum absolute atomic E-state index is 11.6. The molecule has 21 heavy (non-hydrogen) atoms. The van der Waals surface area contributed by atoms with Gasteiger partial charge >= 0.3 is 17.9 Å². The highest BCUT2D eigenvalue weighted by Gasteiger charge is 2.37. The van der Waals surface area contributed by atoms with Crippen molar-refractivity contribution in [1.82, 2.24) is 0 Å². The first-order valence-electron chi connectivity index (χ1n) is 5.51. The Morgan fingerprint density at radius 3 is 2.24 bits per heavy atom. The highest BCUT2D eigenvalue weighted by Crippen LogP contribution is 2.16. The molecule has 0 bridgehead atoms. The largest absolute Gasteiger partial charge is 0.479 e. The lowest BCUT2D eigenvalue weighted by Crippen LogP contribution is -2.43.